The van der Waals surface area contributed by atoms with Crippen LogP contribution in [0.1, 0.15) is 17.0 Å². The fourth-order valence-corrected chi connectivity index (χ4v) is 1.56. The second-order valence-electron chi connectivity index (χ2n) is 4.07. The molecular weight excluding hydrogens is 230 g/mol. The highest BCUT2D eigenvalue weighted by molar-refractivity contribution is 5.67. The number of hydrogen-bond donors (Lipinski definition) is 0. The van der Waals surface area contributed by atoms with Gasteiger partial charge in [-0.1, -0.05) is 29.8 Å². The van der Waals surface area contributed by atoms with Crippen LogP contribution < -0.4 is 0 Å². The van der Waals surface area contributed by atoms with E-state index in [4.69, 9.17) is 0 Å². The van der Waals surface area contributed by atoms with E-state index >= 15 is 0 Å². The molecule has 0 saturated carbocycles. The van der Waals surface area contributed by atoms with Crippen LogP contribution in [-0.4, -0.2) is 14.5 Å². The predicted octanol–water partition coefficient (Wildman–Crippen LogP) is 2.81. The molecule has 2 aromatic rings. The van der Waals surface area contributed by atoms with E-state index in [-0.39, 0.29) is 5.82 Å². The summed E-state index contributed by atoms with van der Waals surface area (Å²) in [5.41, 5.74) is 2.23. The first-order valence-corrected chi connectivity index (χ1v) is 5.49. The Bertz CT molecular complexity index is 597. The van der Waals surface area contributed by atoms with Crippen molar-refractivity contribution in [2.75, 3.05) is 0 Å². The van der Waals surface area contributed by atoms with Crippen LogP contribution in [0.25, 0.3) is 12.2 Å². The zero-order valence-corrected chi connectivity index (χ0v) is 10.2. The molecule has 0 aliphatic heterocycles. The first-order chi connectivity index (χ1) is 8.56. The fourth-order valence-electron chi connectivity index (χ4n) is 1.56. The van der Waals surface area contributed by atoms with Gasteiger partial charge in [0.2, 0.25) is 5.82 Å². The quantitative estimate of drug-likeness (QED) is 0.615. The predicted molar refractivity (Wildman–Crippen MR) is 70.0 cm³/mol. The van der Waals surface area contributed by atoms with Gasteiger partial charge < -0.3 is 14.7 Å². The van der Waals surface area contributed by atoms with Crippen LogP contribution in [0.5, 0.6) is 0 Å². The average molecular weight is 243 g/mol. The summed E-state index contributed by atoms with van der Waals surface area (Å²) >= 11 is 0. The van der Waals surface area contributed by atoms with Crippen LogP contribution >= 0.6 is 0 Å². The van der Waals surface area contributed by atoms with Crippen molar-refractivity contribution in [3.05, 3.63) is 57.5 Å². The molecule has 0 unspecified atom stereocenters. The summed E-state index contributed by atoms with van der Waals surface area (Å²) in [5.74, 6) is 0.420. The number of imidazole rings is 1. The van der Waals surface area contributed by atoms with Crippen LogP contribution in [-0.2, 0) is 7.05 Å². The Morgan fingerprint density at radius 2 is 1.94 bits per heavy atom. The molecule has 0 N–H and O–H groups in total. The Labute approximate surface area is 105 Å². The third-order valence-electron chi connectivity index (χ3n) is 2.59. The molecule has 0 fully saturated rings. The molecular formula is C13H13N3O2. The maximum atomic E-state index is 10.6. The standard InChI is InChI=1S/C13H13N3O2/c1-10-3-5-11(6-4-10)7-8-12-14-13(16(17)18)9-15(12)2/h3-9H,1-2H3/b8-7+. The summed E-state index contributed by atoms with van der Waals surface area (Å²) < 4.78 is 1.63. The molecule has 1 heterocycles. The first-order valence-electron chi connectivity index (χ1n) is 5.49. The topological polar surface area (TPSA) is 61.0 Å². The Kier molecular flexibility index (Phi) is 3.23. The summed E-state index contributed by atoms with van der Waals surface area (Å²) in [6, 6.07) is 8.01. The first kappa shape index (κ1) is 12.0. The van der Waals surface area contributed by atoms with Crippen molar-refractivity contribution < 1.29 is 4.92 Å². The molecule has 5 nitrogen and oxygen atoms in total. The fraction of sp³-hybridized carbons (Fsp3) is 0.154. The molecule has 18 heavy (non-hydrogen) atoms. The highest BCUT2D eigenvalue weighted by Gasteiger charge is 2.13. The Morgan fingerprint density at radius 3 is 2.50 bits per heavy atom. The molecule has 0 spiro atoms. The molecule has 1 aromatic carbocycles. The number of aryl methyl sites for hydroxylation is 2. The summed E-state index contributed by atoms with van der Waals surface area (Å²) in [6.45, 7) is 2.02. The van der Waals surface area contributed by atoms with Crippen LogP contribution in [0.15, 0.2) is 30.5 Å². The van der Waals surface area contributed by atoms with Crippen molar-refractivity contribution in [1.82, 2.24) is 9.55 Å². The lowest BCUT2D eigenvalue weighted by molar-refractivity contribution is -0.389. The largest absolute Gasteiger partial charge is 0.382 e. The highest BCUT2D eigenvalue weighted by Crippen LogP contribution is 2.13. The number of aromatic nitrogens is 2. The van der Waals surface area contributed by atoms with E-state index in [9.17, 15) is 10.1 Å². The van der Waals surface area contributed by atoms with E-state index in [0.717, 1.165) is 5.56 Å². The SMILES string of the molecule is Cc1ccc(/C=C/c2nc([N+](=O)[O-])cn2C)cc1. The molecule has 2 rings (SSSR count). The van der Waals surface area contributed by atoms with Gasteiger partial charge in [0.05, 0.1) is 0 Å². The number of nitrogens with zero attached hydrogens (tertiary/aromatic N) is 3. The molecule has 0 amide bonds. The lowest BCUT2D eigenvalue weighted by Crippen LogP contribution is -1.88. The Balaban J connectivity index is 2.23. The second-order valence-corrected chi connectivity index (χ2v) is 4.07. The van der Waals surface area contributed by atoms with Crippen LogP contribution in [0.2, 0.25) is 0 Å². The van der Waals surface area contributed by atoms with Gasteiger partial charge in [0, 0.05) is 13.1 Å². The number of rotatable bonds is 3. The zero-order chi connectivity index (χ0) is 13.1. The van der Waals surface area contributed by atoms with Gasteiger partial charge in [-0.05, 0) is 28.5 Å². The molecule has 5 heteroatoms. The second kappa shape index (κ2) is 4.83. The van der Waals surface area contributed by atoms with E-state index in [1.54, 1.807) is 17.7 Å². The van der Waals surface area contributed by atoms with Gasteiger partial charge in [-0.3, -0.25) is 0 Å². The highest BCUT2D eigenvalue weighted by atomic mass is 16.6. The third kappa shape index (κ3) is 2.63. The normalized spacial score (nSPS) is 11.0. The lowest BCUT2D eigenvalue weighted by Gasteiger charge is -1.94. The van der Waals surface area contributed by atoms with Crippen molar-refractivity contribution in [3.8, 4) is 0 Å². The van der Waals surface area contributed by atoms with Gasteiger partial charge in [-0.2, -0.15) is 0 Å². The summed E-state index contributed by atoms with van der Waals surface area (Å²) in [5, 5.41) is 10.6. The molecule has 0 saturated heterocycles. The Morgan fingerprint density at radius 1 is 1.28 bits per heavy atom. The maximum absolute atomic E-state index is 10.6. The van der Waals surface area contributed by atoms with E-state index in [1.165, 1.54) is 11.8 Å². The minimum atomic E-state index is -0.497. The van der Waals surface area contributed by atoms with Crippen LogP contribution in [0, 0.1) is 17.0 Å². The number of nitro groups is 1. The van der Waals surface area contributed by atoms with E-state index in [2.05, 4.69) is 4.98 Å². The van der Waals surface area contributed by atoms with Crippen LogP contribution in [0.4, 0.5) is 5.82 Å². The minimum absolute atomic E-state index is 0.138. The molecule has 0 aliphatic carbocycles. The van der Waals surface area contributed by atoms with Crippen molar-refractivity contribution >= 4 is 18.0 Å². The molecule has 0 aliphatic rings. The average Bonchev–Trinajstić information content (AvgIpc) is 2.70. The van der Waals surface area contributed by atoms with Gasteiger partial charge in [0.1, 0.15) is 6.20 Å². The summed E-state index contributed by atoms with van der Waals surface area (Å²) in [6.07, 6.45) is 5.04. The van der Waals surface area contributed by atoms with Crippen molar-refractivity contribution in [1.29, 1.82) is 0 Å². The Hall–Kier alpha value is -2.43. The van der Waals surface area contributed by atoms with Crippen molar-refractivity contribution in [3.63, 3.8) is 0 Å². The lowest BCUT2D eigenvalue weighted by atomic mass is 10.1. The van der Waals surface area contributed by atoms with Gasteiger partial charge in [-0.15, -0.1) is 0 Å². The summed E-state index contributed by atoms with van der Waals surface area (Å²) in [4.78, 5) is 14.0. The molecule has 1 aromatic heterocycles. The van der Waals surface area contributed by atoms with Gasteiger partial charge in [-0.25, -0.2) is 0 Å². The molecule has 0 radical (unpaired) electrons. The smallest absolute Gasteiger partial charge is 0.358 e. The molecule has 0 bridgehead atoms. The van der Waals surface area contributed by atoms with Gasteiger partial charge in [0.25, 0.3) is 0 Å². The summed E-state index contributed by atoms with van der Waals surface area (Å²) in [7, 11) is 1.73. The molecule has 0 atom stereocenters. The monoisotopic (exact) mass is 243 g/mol. The van der Waals surface area contributed by atoms with Crippen LogP contribution in [0.3, 0.4) is 0 Å². The van der Waals surface area contributed by atoms with Gasteiger partial charge in [0.15, 0.2) is 0 Å². The van der Waals surface area contributed by atoms with E-state index < -0.39 is 4.92 Å². The minimum Gasteiger partial charge on any atom is -0.358 e. The number of hydrogen-bond acceptors (Lipinski definition) is 3. The number of benzene rings is 1. The van der Waals surface area contributed by atoms with Crippen molar-refractivity contribution in [2.45, 2.75) is 6.92 Å². The van der Waals surface area contributed by atoms with E-state index in [1.807, 2.05) is 37.3 Å². The third-order valence-corrected chi connectivity index (χ3v) is 2.59. The molecule has 92 valence electrons. The van der Waals surface area contributed by atoms with Crippen molar-refractivity contribution in [2.24, 2.45) is 7.05 Å². The van der Waals surface area contributed by atoms with E-state index in [0.29, 0.717) is 5.82 Å². The van der Waals surface area contributed by atoms with Gasteiger partial charge >= 0.3 is 5.82 Å². The maximum Gasteiger partial charge on any atom is 0.382 e. The zero-order valence-electron chi connectivity index (χ0n) is 10.2.